The van der Waals surface area contributed by atoms with Crippen LogP contribution >= 0.6 is 0 Å². The van der Waals surface area contributed by atoms with Gasteiger partial charge in [0.05, 0.1) is 29.8 Å². The van der Waals surface area contributed by atoms with Gasteiger partial charge in [-0.15, -0.1) is 0 Å². The van der Waals surface area contributed by atoms with Crippen molar-refractivity contribution >= 4 is 33.7 Å². The lowest BCUT2D eigenvalue weighted by Gasteiger charge is -2.28. The average Bonchev–Trinajstić information content (AvgIpc) is 3.00. The van der Waals surface area contributed by atoms with Gasteiger partial charge in [-0.05, 0) is 78.6 Å². The molecule has 0 aliphatic rings. The zero-order chi connectivity index (χ0) is 31.4. The van der Waals surface area contributed by atoms with E-state index < -0.39 is 16.0 Å². The number of sulfonamides is 1. The number of carboxylic acids is 1. The lowest BCUT2D eigenvalue weighted by molar-refractivity contribution is -0.124. The van der Waals surface area contributed by atoms with Crippen molar-refractivity contribution in [3.05, 3.63) is 89.3 Å². The van der Waals surface area contributed by atoms with Gasteiger partial charge in [0.2, 0.25) is 5.91 Å². The number of carbonyl (C=O) groups is 2. The van der Waals surface area contributed by atoms with Crippen molar-refractivity contribution < 1.29 is 27.9 Å². The molecular formula is C33H41N3O6S. The Hall–Kier alpha value is -4.18. The Bertz CT molecular complexity index is 1510. The summed E-state index contributed by atoms with van der Waals surface area (Å²) in [5.74, 6) is -0.989. The molecule has 0 fully saturated rings. The van der Waals surface area contributed by atoms with E-state index in [1.807, 2.05) is 0 Å². The second kappa shape index (κ2) is 15.9. The molecule has 0 saturated heterocycles. The van der Waals surface area contributed by atoms with Crippen LogP contribution in [0.1, 0.15) is 72.5 Å². The average molecular weight is 608 g/mol. The van der Waals surface area contributed by atoms with Crippen LogP contribution in [0.4, 0.5) is 5.69 Å². The van der Waals surface area contributed by atoms with Gasteiger partial charge in [0, 0.05) is 32.1 Å². The van der Waals surface area contributed by atoms with E-state index in [1.54, 1.807) is 49.3 Å². The number of hydrogen-bond donors (Lipinski definition) is 1. The maximum Gasteiger partial charge on any atom is 0.337 e. The number of amides is 1. The van der Waals surface area contributed by atoms with Crippen LogP contribution in [0, 0.1) is 6.92 Å². The highest BCUT2D eigenvalue weighted by atomic mass is 32.2. The van der Waals surface area contributed by atoms with Crippen LogP contribution in [0.25, 0.3) is 6.08 Å². The Balaban J connectivity index is 1.94. The lowest BCUT2D eigenvalue weighted by atomic mass is 10.0. The summed E-state index contributed by atoms with van der Waals surface area (Å²) in [5.41, 5.74) is 1.32. The van der Waals surface area contributed by atoms with E-state index in [0.717, 1.165) is 23.6 Å². The second-order valence-electron chi connectivity index (χ2n) is 10.4. The number of ether oxygens (including phenoxy) is 1. The standard InChI is InChI=1S/C33H41N3O6S/c1-5-6-7-8-9-10-20-35(3)31(37)18-13-26-21-25(2)32(30(22-26)33(38)39)36(24-27-12-11-19-34-23-27)43(40,41)29-16-14-28(42-4)15-17-29/h11-19,21-23H,5-10,20,24H2,1-4H3,(H,38,39)/b18-13+. The Kier molecular flexibility index (Phi) is 12.3. The quantitative estimate of drug-likeness (QED) is 0.149. The van der Waals surface area contributed by atoms with Crippen molar-refractivity contribution in [2.24, 2.45) is 0 Å². The normalized spacial score (nSPS) is 11.4. The molecule has 1 amide bonds. The Labute approximate surface area is 254 Å². The maximum absolute atomic E-state index is 14.0. The van der Waals surface area contributed by atoms with Gasteiger partial charge in [-0.1, -0.05) is 45.1 Å². The highest BCUT2D eigenvalue weighted by Gasteiger charge is 2.30. The third kappa shape index (κ3) is 9.15. The first-order valence-electron chi connectivity index (χ1n) is 14.4. The Morgan fingerprint density at radius 3 is 2.35 bits per heavy atom. The number of nitrogens with zero attached hydrogens (tertiary/aromatic N) is 3. The highest BCUT2D eigenvalue weighted by Crippen LogP contribution is 2.34. The predicted molar refractivity (Wildman–Crippen MR) is 169 cm³/mol. The van der Waals surface area contributed by atoms with Gasteiger partial charge < -0.3 is 14.7 Å². The van der Waals surface area contributed by atoms with Crippen LogP contribution in [0.15, 0.2) is 71.9 Å². The smallest absolute Gasteiger partial charge is 0.337 e. The fourth-order valence-corrected chi connectivity index (χ4v) is 6.28. The highest BCUT2D eigenvalue weighted by molar-refractivity contribution is 7.92. The molecule has 0 unspecified atom stereocenters. The Morgan fingerprint density at radius 1 is 1.02 bits per heavy atom. The molecule has 1 N–H and O–H groups in total. The molecule has 0 aliphatic carbocycles. The number of aromatic carboxylic acids is 1. The van der Waals surface area contributed by atoms with E-state index in [-0.39, 0.29) is 28.6 Å². The number of anilines is 1. The number of hydrogen-bond acceptors (Lipinski definition) is 6. The largest absolute Gasteiger partial charge is 0.497 e. The van der Waals surface area contributed by atoms with Crippen LogP contribution in [0.5, 0.6) is 5.75 Å². The summed E-state index contributed by atoms with van der Waals surface area (Å²) >= 11 is 0. The van der Waals surface area contributed by atoms with E-state index in [0.29, 0.717) is 29.0 Å². The van der Waals surface area contributed by atoms with Gasteiger partial charge in [0.25, 0.3) is 10.0 Å². The van der Waals surface area contributed by atoms with Gasteiger partial charge >= 0.3 is 5.97 Å². The number of rotatable bonds is 16. The fraction of sp³-hybridized carbons (Fsp3) is 0.364. The lowest BCUT2D eigenvalue weighted by Crippen LogP contribution is -2.32. The molecule has 10 heteroatoms. The molecule has 1 aromatic heterocycles. The van der Waals surface area contributed by atoms with Crippen molar-refractivity contribution in [1.82, 2.24) is 9.88 Å². The molecule has 230 valence electrons. The maximum atomic E-state index is 14.0. The molecule has 43 heavy (non-hydrogen) atoms. The molecule has 0 saturated carbocycles. The monoisotopic (exact) mass is 607 g/mol. The van der Waals surface area contributed by atoms with E-state index >= 15 is 0 Å². The van der Waals surface area contributed by atoms with Gasteiger partial charge in [0.15, 0.2) is 0 Å². The van der Waals surface area contributed by atoms with Gasteiger partial charge in [-0.3, -0.25) is 14.1 Å². The van der Waals surface area contributed by atoms with E-state index in [4.69, 9.17) is 4.74 Å². The van der Waals surface area contributed by atoms with Crippen molar-refractivity contribution in [3.63, 3.8) is 0 Å². The molecule has 3 rings (SSSR count). The fourth-order valence-electron chi connectivity index (χ4n) is 4.75. The van der Waals surface area contributed by atoms with Crippen LogP contribution < -0.4 is 9.04 Å². The number of carboxylic acid groups (broad SMARTS) is 1. The molecule has 1 heterocycles. The molecule has 0 bridgehead atoms. The van der Waals surface area contributed by atoms with Crippen LogP contribution in [0.2, 0.25) is 0 Å². The minimum Gasteiger partial charge on any atom is -0.497 e. The van der Waals surface area contributed by atoms with Crippen molar-refractivity contribution in [3.8, 4) is 5.75 Å². The van der Waals surface area contributed by atoms with Crippen molar-refractivity contribution in [1.29, 1.82) is 0 Å². The summed E-state index contributed by atoms with van der Waals surface area (Å²) in [6.45, 7) is 4.34. The van der Waals surface area contributed by atoms with Gasteiger partial charge in [-0.2, -0.15) is 0 Å². The summed E-state index contributed by atoms with van der Waals surface area (Å²) < 4.78 is 34.3. The molecular weight excluding hydrogens is 566 g/mol. The zero-order valence-corrected chi connectivity index (χ0v) is 26.1. The molecule has 9 nitrogen and oxygen atoms in total. The number of aryl methyl sites for hydroxylation is 1. The minimum absolute atomic E-state index is 0.0177. The predicted octanol–water partition coefficient (Wildman–Crippen LogP) is 6.32. The zero-order valence-electron chi connectivity index (χ0n) is 25.3. The summed E-state index contributed by atoms with van der Waals surface area (Å²) in [6, 6.07) is 12.4. The van der Waals surface area contributed by atoms with Crippen LogP contribution in [-0.2, 0) is 21.4 Å². The van der Waals surface area contributed by atoms with E-state index in [2.05, 4.69) is 11.9 Å². The van der Waals surface area contributed by atoms with E-state index in [9.17, 15) is 23.1 Å². The van der Waals surface area contributed by atoms with Crippen molar-refractivity contribution in [2.45, 2.75) is 63.8 Å². The first-order valence-corrected chi connectivity index (χ1v) is 15.9. The SMILES string of the molecule is CCCCCCCCN(C)C(=O)/C=C/c1cc(C)c(N(Cc2cccnc2)S(=O)(=O)c2ccc(OC)cc2)c(C(=O)O)c1. The molecule has 0 radical (unpaired) electrons. The van der Waals surface area contributed by atoms with Crippen LogP contribution in [0.3, 0.4) is 0 Å². The van der Waals surface area contributed by atoms with Crippen molar-refractivity contribution in [2.75, 3.05) is 25.0 Å². The second-order valence-corrected chi connectivity index (χ2v) is 12.3. The molecule has 3 aromatic rings. The number of aromatic nitrogens is 1. The first-order chi connectivity index (χ1) is 20.6. The molecule has 0 atom stereocenters. The van der Waals surface area contributed by atoms with Crippen LogP contribution in [-0.4, -0.2) is 56.0 Å². The number of pyridine rings is 1. The Morgan fingerprint density at radius 2 is 1.72 bits per heavy atom. The number of unbranched alkanes of at least 4 members (excludes halogenated alkanes) is 5. The molecule has 0 spiro atoms. The number of benzene rings is 2. The molecule has 2 aromatic carbocycles. The topological polar surface area (TPSA) is 117 Å². The van der Waals surface area contributed by atoms with Gasteiger partial charge in [0.1, 0.15) is 5.75 Å². The third-order valence-electron chi connectivity index (χ3n) is 7.14. The summed E-state index contributed by atoms with van der Waals surface area (Å²) in [4.78, 5) is 31.0. The number of likely N-dealkylation sites (N-methyl/N-ethyl adjacent to an activating group) is 1. The van der Waals surface area contributed by atoms with E-state index in [1.165, 1.54) is 69.0 Å². The first kappa shape index (κ1) is 33.3. The number of carbonyl (C=O) groups excluding carboxylic acids is 1. The summed E-state index contributed by atoms with van der Waals surface area (Å²) in [5, 5.41) is 10.2. The van der Waals surface area contributed by atoms with Gasteiger partial charge in [-0.25, -0.2) is 13.2 Å². The third-order valence-corrected chi connectivity index (χ3v) is 8.90. The summed E-state index contributed by atoms with van der Waals surface area (Å²) in [7, 11) is -0.984. The number of methoxy groups -OCH3 is 1. The summed E-state index contributed by atoms with van der Waals surface area (Å²) in [6.07, 6.45) is 12.9. The minimum atomic E-state index is -4.21. The molecule has 0 aliphatic heterocycles.